The van der Waals surface area contributed by atoms with E-state index in [1.54, 1.807) is 0 Å². The number of nitrogens with zero attached hydrogens (tertiary/aromatic N) is 1. The average molecular weight is 307 g/mol. The summed E-state index contributed by atoms with van der Waals surface area (Å²) in [6, 6.07) is 10.6. The molecule has 2 nitrogen and oxygen atoms in total. The van der Waals surface area contributed by atoms with Gasteiger partial charge in [-0.3, -0.25) is 0 Å². The van der Waals surface area contributed by atoms with Crippen molar-refractivity contribution in [3.05, 3.63) is 35.9 Å². The number of nitrogens with two attached hydrogens (primary N) is 1. The van der Waals surface area contributed by atoms with E-state index in [2.05, 4.69) is 43.0 Å². The van der Waals surface area contributed by atoms with Crippen LogP contribution in [-0.2, 0) is 0 Å². The van der Waals surface area contributed by atoms with Gasteiger partial charge in [-0.1, -0.05) is 50.6 Å². The highest BCUT2D eigenvalue weighted by Gasteiger charge is 2.05. The molecule has 1 unspecified atom stereocenters. The molecule has 0 radical (unpaired) electrons. The first-order valence-electron chi connectivity index (χ1n) is 6.80. The lowest BCUT2D eigenvalue weighted by Gasteiger charge is -2.18. The van der Waals surface area contributed by atoms with E-state index in [4.69, 9.17) is 5.73 Å². The molecule has 112 valence electrons. The summed E-state index contributed by atoms with van der Waals surface area (Å²) in [4.78, 5) is 2.47. The van der Waals surface area contributed by atoms with Gasteiger partial charge in [-0.15, -0.1) is 24.8 Å². The average Bonchev–Trinajstić information content (AvgIpc) is 2.40. The van der Waals surface area contributed by atoms with E-state index >= 15 is 0 Å². The SMILES string of the molecule is CCN(CC)CCCCC(N)c1ccccc1.Cl.Cl. The van der Waals surface area contributed by atoms with Crippen LogP contribution in [0.3, 0.4) is 0 Å². The number of unbranched alkanes of at least 4 members (excludes halogenated alkanes) is 1. The van der Waals surface area contributed by atoms with Gasteiger partial charge in [0.25, 0.3) is 0 Å². The third kappa shape index (κ3) is 8.48. The number of halogens is 2. The summed E-state index contributed by atoms with van der Waals surface area (Å²) < 4.78 is 0. The third-order valence-corrected chi connectivity index (χ3v) is 3.36. The summed E-state index contributed by atoms with van der Waals surface area (Å²) in [5.41, 5.74) is 7.42. The van der Waals surface area contributed by atoms with Crippen LogP contribution in [0, 0.1) is 0 Å². The fraction of sp³-hybridized carbons (Fsp3) is 0.600. The van der Waals surface area contributed by atoms with Gasteiger partial charge in [0.05, 0.1) is 0 Å². The van der Waals surface area contributed by atoms with Gasteiger partial charge in [0.1, 0.15) is 0 Å². The van der Waals surface area contributed by atoms with E-state index in [-0.39, 0.29) is 30.9 Å². The smallest absolute Gasteiger partial charge is 0.0294 e. The molecule has 0 heterocycles. The Labute approximate surface area is 130 Å². The summed E-state index contributed by atoms with van der Waals surface area (Å²) >= 11 is 0. The summed E-state index contributed by atoms with van der Waals surface area (Å²) in [7, 11) is 0. The molecular formula is C15H28Cl2N2. The van der Waals surface area contributed by atoms with Crippen molar-refractivity contribution in [1.29, 1.82) is 0 Å². The van der Waals surface area contributed by atoms with Crippen molar-refractivity contribution in [2.24, 2.45) is 5.73 Å². The lowest BCUT2D eigenvalue weighted by atomic mass is 10.0. The van der Waals surface area contributed by atoms with E-state index in [0.717, 1.165) is 19.5 Å². The maximum Gasteiger partial charge on any atom is 0.0294 e. The molecule has 2 N–H and O–H groups in total. The fourth-order valence-electron chi connectivity index (χ4n) is 2.11. The van der Waals surface area contributed by atoms with Crippen LogP contribution in [0.1, 0.15) is 44.7 Å². The first kappa shape index (κ1) is 21.0. The predicted octanol–water partition coefficient (Wildman–Crippen LogP) is 4.04. The van der Waals surface area contributed by atoms with E-state index in [1.807, 2.05) is 6.07 Å². The number of rotatable bonds is 8. The highest BCUT2D eigenvalue weighted by Crippen LogP contribution is 2.16. The van der Waals surface area contributed by atoms with E-state index in [9.17, 15) is 0 Å². The van der Waals surface area contributed by atoms with Crippen molar-refractivity contribution in [3.63, 3.8) is 0 Å². The highest BCUT2D eigenvalue weighted by molar-refractivity contribution is 5.85. The molecule has 1 aromatic carbocycles. The molecule has 0 aliphatic carbocycles. The zero-order valence-corrected chi connectivity index (χ0v) is 13.7. The third-order valence-electron chi connectivity index (χ3n) is 3.36. The maximum absolute atomic E-state index is 6.16. The zero-order chi connectivity index (χ0) is 12.5. The molecule has 0 amide bonds. The minimum absolute atomic E-state index is 0. The van der Waals surface area contributed by atoms with E-state index < -0.39 is 0 Å². The van der Waals surface area contributed by atoms with Gasteiger partial charge in [-0.05, 0) is 38.0 Å². The lowest BCUT2D eigenvalue weighted by molar-refractivity contribution is 0.294. The monoisotopic (exact) mass is 306 g/mol. The Hall–Kier alpha value is -0.280. The quantitative estimate of drug-likeness (QED) is 0.734. The van der Waals surface area contributed by atoms with Gasteiger partial charge in [0.2, 0.25) is 0 Å². The van der Waals surface area contributed by atoms with Crippen molar-refractivity contribution in [2.75, 3.05) is 19.6 Å². The Morgan fingerprint density at radius 3 is 2.11 bits per heavy atom. The first-order valence-corrected chi connectivity index (χ1v) is 6.80. The van der Waals surface area contributed by atoms with Crippen molar-refractivity contribution < 1.29 is 0 Å². The van der Waals surface area contributed by atoms with Crippen LogP contribution in [0.4, 0.5) is 0 Å². The van der Waals surface area contributed by atoms with Crippen LogP contribution in [0.15, 0.2) is 30.3 Å². The minimum atomic E-state index is 0. The maximum atomic E-state index is 6.16. The molecule has 1 atom stereocenters. The molecule has 1 rings (SSSR count). The predicted molar refractivity (Wildman–Crippen MR) is 89.5 cm³/mol. The Kier molecular flexibility index (Phi) is 14.1. The summed E-state index contributed by atoms with van der Waals surface area (Å²) in [6.07, 6.45) is 3.56. The topological polar surface area (TPSA) is 29.3 Å². The van der Waals surface area contributed by atoms with Crippen LogP contribution >= 0.6 is 24.8 Å². The van der Waals surface area contributed by atoms with Gasteiger partial charge in [0.15, 0.2) is 0 Å². The Morgan fingerprint density at radius 2 is 1.58 bits per heavy atom. The van der Waals surface area contributed by atoms with E-state index in [0.29, 0.717) is 0 Å². The van der Waals surface area contributed by atoms with Crippen LogP contribution in [0.25, 0.3) is 0 Å². The zero-order valence-electron chi connectivity index (χ0n) is 12.0. The van der Waals surface area contributed by atoms with Crippen molar-refractivity contribution >= 4 is 24.8 Å². The molecule has 0 aliphatic rings. The molecule has 4 heteroatoms. The number of benzene rings is 1. The first-order chi connectivity index (χ1) is 8.27. The Morgan fingerprint density at radius 1 is 1.00 bits per heavy atom. The van der Waals surface area contributed by atoms with E-state index in [1.165, 1.54) is 24.9 Å². The molecule has 0 fully saturated rings. The van der Waals surface area contributed by atoms with Crippen LogP contribution in [0.5, 0.6) is 0 Å². The van der Waals surface area contributed by atoms with Gasteiger partial charge in [0, 0.05) is 6.04 Å². The van der Waals surface area contributed by atoms with Gasteiger partial charge < -0.3 is 10.6 Å². The summed E-state index contributed by atoms with van der Waals surface area (Å²) in [5.74, 6) is 0. The van der Waals surface area contributed by atoms with Gasteiger partial charge in [-0.2, -0.15) is 0 Å². The van der Waals surface area contributed by atoms with Crippen molar-refractivity contribution in [2.45, 2.75) is 39.2 Å². The van der Waals surface area contributed by atoms with Crippen LogP contribution < -0.4 is 5.73 Å². The molecule has 0 saturated carbocycles. The number of hydrogen-bond donors (Lipinski definition) is 1. The summed E-state index contributed by atoms with van der Waals surface area (Å²) in [5, 5.41) is 0. The summed E-state index contributed by atoms with van der Waals surface area (Å²) in [6.45, 7) is 7.95. The lowest BCUT2D eigenvalue weighted by Crippen LogP contribution is -2.24. The highest BCUT2D eigenvalue weighted by atomic mass is 35.5. The molecule has 0 saturated heterocycles. The molecule has 0 spiro atoms. The largest absolute Gasteiger partial charge is 0.324 e. The number of hydrogen-bond acceptors (Lipinski definition) is 2. The Balaban J connectivity index is 0. The van der Waals surface area contributed by atoms with Crippen LogP contribution in [-0.4, -0.2) is 24.5 Å². The van der Waals surface area contributed by atoms with Crippen molar-refractivity contribution in [3.8, 4) is 0 Å². The normalized spacial score (nSPS) is 11.6. The van der Waals surface area contributed by atoms with Gasteiger partial charge in [-0.25, -0.2) is 0 Å². The van der Waals surface area contributed by atoms with Gasteiger partial charge >= 0.3 is 0 Å². The standard InChI is InChI=1S/C15H26N2.2ClH/c1-3-17(4-2)13-9-8-12-15(16)14-10-6-5-7-11-14;;/h5-7,10-11,15H,3-4,8-9,12-13,16H2,1-2H3;2*1H. The molecule has 19 heavy (non-hydrogen) atoms. The molecule has 1 aromatic rings. The second-order valence-corrected chi connectivity index (χ2v) is 4.54. The minimum Gasteiger partial charge on any atom is -0.324 e. The molecule has 0 aromatic heterocycles. The fourth-order valence-corrected chi connectivity index (χ4v) is 2.11. The second-order valence-electron chi connectivity index (χ2n) is 4.54. The molecule has 0 bridgehead atoms. The second kappa shape index (κ2) is 12.7. The molecular weight excluding hydrogens is 279 g/mol. The van der Waals surface area contributed by atoms with Crippen molar-refractivity contribution in [1.82, 2.24) is 4.90 Å². The molecule has 0 aliphatic heterocycles. The Bertz CT molecular complexity index is 289. The van der Waals surface area contributed by atoms with Crippen LogP contribution in [0.2, 0.25) is 0 Å².